The number of amides is 2. The Labute approximate surface area is 145 Å². The van der Waals surface area contributed by atoms with E-state index in [0.717, 1.165) is 6.42 Å². The van der Waals surface area contributed by atoms with Gasteiger partial charge in [-0.3, -0.25) is 9.59 Å². The lowest BCUT2D eigenvalue weighted by molar-refractivity contribution is -0.144. The minimum atomic E-state index is -1.54. The minimum absolute atomic E-state index is 0.172. The normalized spacial score (nSPS) is 22.8. The highest BCUT2D eigenvalue weighted by Gasteiger charge is 2.50. The molecule has 2 aliphatic rings. The van der Waals surface area contributed by atoms with Crippen LogP contribution in [0.3, 0.4) is 0 Å². The summed E-state index contributed by atoms with van der Waals surface area (Å²) in [5.74, 6) is -0.355. The van der Waals surface area contributed by atoms with Crippen molar-refractivity contribution in [2.75, 3.05) is 13.1 Å². The first-order chi connectivity index (χ1) is 11.4. The number of carbonyl (C=O) groups excluding carboxylic acids is 2. The Morgan fingerprint density at radius 1 is 1.38 bits per heavy atom. The van der Waals surface area contributed by atoms with Gasteiger partial charge in [-0.05, 0) is 25.0 Å². The molecule has 0 spiro atoms. The lowest BCUT2D eigenvalue weighted by Gasteiger charge is -2.36. The van der Waals surface area contributed by atoms with E-state index < -0.39 is 5.72 Å². The van der Waals surface area contributed by atoms with E-state index in [9.17, 15) is 14.7 Å². The quantitative estimate of drug-likeness (QED) is 0.877. The first-order valence-electron chi connectivity index (χ1n) is 7.89. The molecule has 0 radical (unpaired) electrons. The van der Waals surface area contributed by atoms with Gasteiger partial charge in [0.05, 0.1) is 0 Å². The lowest BCUT2D eigenvalue weighted by Crippen LogP contribution is -2.48. The van der Waals surface area contributed by atoms with Crippen LogP contribution >= 0.6 is 11.6 Å². The SMILES string of the molecule is CC(=O)NCCN1C(=O)C2=C(C=CCC2)C1(O)c1ccc(Cl)cc1. The molecule has 0 fully saturated rings. The van der Waals surface area contributed by atoms with Gasteiger partial charge in [-0.1, -0.05) is 35.9 Å². The number of benzene rings is 1. The van der Waals surface area contributed by atoms with Crippen molar-refractivity contribution in [2.45, 2.75) is 25.5 Å². The van der Waals surface area contributed by atoms with Gasteiger partial charge in [-0.25, -0.2) is 0 Å². The average molecular weight is 347 g/mol. The van der Waals surface area contributed by atoms with Gasteiger partial charge in [0.1, 0.15) is 0 Å². The van der Waals surface area contributed by atoms with Crippen LogP contribution in [0, 0.1) is 0 Å². The molecular weight excluding hydrogens is 328 g/mol. The highest BCUT2D eigenvalue weighted by atomic mass is 35.5. The molecule has 1 heterocycles. The molecule has 0 saturated heterocycles. The number of hydrogen-bond donors (Lipinski definition) is 2. The highest BCUT2D eigenvalue weighted by molar-refractivity contribution is 6.30. The molecule has 5 nitrogen and oxygen atoms in total. The molecule has 3 rings (SSSR count). The average Bonchev–Trinajstić information content (AvgIpc) is 2.78. The molecule has 126 valence electrons. The molecule has 1 atom stereocenters. The molecule has 1 aliphatic heterocycles. The molecular formula is C18H19ClN2O3. The summed E-state index contributed by atoms with van der Waals surface area (Å²) >= 11 is 5.95. The van der Waals surface area contributed by atoms with Crippen LogP contribution in [0.4, 0.5) is 0 Å². The summed E-state index contributed by atoms with van der Waals surface area (Å²) < 4.78 is 0. The maximum absolute atomic E-state index is 12.8. The van der Waals surface area contributed by atoms with Crippen molar-refractivity contribution in [1.82, 2.24) is 10.2 Å². The second-order valence-corrected chi connectivity index (χ2v) is 6.39. The first kappa shape index (κ1) is 16.7. The highest BCUT2D eigenvalue weighted by Crippen LogP contribution is 2.45. The maximum Gasteiger partial charge on any atom is 0.253 e. The van der Waals surface area contributed by atoms with E-state index >= 15 is 0 Å². The van der Waals surface area contributed by atoms with Crippen molar-refractivity contribution >= 4 is 23.4 Å². The summed E-state index contributed by atoms with van der Waals surface area (Å²) in [7, 11) is 0. The third-order valence-corrected chi connectivity index (χ3v) is 4.65. The fraction of sp³-hybridized carbons (Fsp3) is 0.333. The molecule has 1 aromatic rings. The zero-order valence-electron chi connectivity index (χ0n) is 13.4. The number of nitrogens with zero attached hydrogens (tertiary/aromatic N) is 1. The van der Waals surface area contributed by atoms with E-state index in [0.29, 0.717) is 28.2 Å². The van der Waals surface area contributed by atoms with Gasteiger partial charge in [0.2, 0.25) is 5.91 Å². The van der Waals surface area contributed by atoms with Crippen molar-refractivity contribution in [3.8, 4) is 0 Å². The van der Waals surface area contributed by atoms with Gasteiger partial charge in [0.25, 0.3) is 5.91 Å². The molecule has 0 aromatic heterocycles. The van der Waals surface area contributed by atoms with Crippen LogP contribution in [0.1, 0.15) is 25.3 Å². The molecule has 2 amide bonds. The third-order valence-electron chi connectivity index (χ3n) is 4.40. The summed E-state index contributed by atoms with van der Waals surface area (Å²) in [6.45, 7) is 1.92. The summed E-state index contributed by atoms with van der Waals surface area (Å²) in [6, 6.07) is 6.83. The van der Waals surface area contributed by atoms with Crippen LogP contribution in [0.25, 0.3) is 0 Å². The number of allylic oxidation sites excluding steroid dienone is 1. The summed E-state index contributed by atoms with van der Waals surface area (Å²) in [6.07, 6.45) is 5.17. The van der Waals surface area contributed by atoms with E-state index in [2.05, 4.69) is 5.32 Å². The number of rotatable bonds is 4. The Morgan fingerprint density at radius 2 is 2.08 bits per heavy atom. The van der Waals surface area contributed by atoms with Crippen molar-refractivity contribution < 1.29 is 14.7 Å². The van der Waals surface area contributed by atoms with Gasteiger partial charge < -0.3 is 15.3 Å². The van der Waals surface area contributed by atoms with Crippen LogP contribution in [-0.4, -0.2) is 34.9 Å². The molecule has 6 heteroatoms. The maximum atomic E-state index is 12.8. The Hall–Kier alpha value is -2.11. The fourth-order valence-electron chi connectivity index (χ4n) is 3.27. The molecule has 1 aromatic carbocycles. The number of carbonyl (C=O) groups is 2. The van der Waals surface area contributed by atoms with Crippen molar-refractivity contribution in [3.63, 3.8) is 0 Å². The van der Waals surface area contributed by atoms with Crippen LogP contribution < -0.4 is 5.32 Å². The number of nitrogens with one attached hydrogen (secondary N) is 1. The molecule has 24 heavy (non-hydrogen) atoms. The second-order valence-electron chi connectivity index (χ2n) is 5.95. The molecule has 1 unspecified atom stereocenters. The van der Waals surface area contributed by atoms with Crippen molar-refractivity contribution in [3.05, 3.63) is 58.1 Å². The Morgan fingerprint density at radius 3 is 2.75 bits per heavy atom. The van der Waals surface area contributed by atoms with Gasteiger partial charge in [-0.15, -0.1) is 0 Å². The van der Waals surface area contributed by atoms with Crippen molar-refractivity contribution in [1.29, 1.82) is 0 Å². The predicted octanol–water partition coefficient (Wildman–Crippen LogP) is 2.11. The van der Waals surface area contributed by atoms with Gasteiger partial charge in [0, 0.05) is 41.7 Å². The Balaban J connectivity index is 2.00. The van der Waals surface area contributed by atoms with E-state index in [1.807, 2.05) is 12.2 Å². The van der Waals surface area contributed by atoms with E-state index in [1.165, 1.54) is 11.8 Å². The number of hydrogen-bond acceptors (Lipinski definition) is 3. The van der Waals surface area contributed by atoms with Crippen LogP contribution in [0.5, 0.6) is 0 Å². The molecule has 0 bridgehead atoms. The molecule has 2 N–H and O–H groups in total. The predicted molar refractivity (Wildman–Crippen MR) is 91.1 cm³/mol. The Kier molecular flexibility index (Phi) is 4.47. The van der Waals surface area contributed by atoms with Crippen LogP contribution in [0.15, 0.2) is 47.6 Å². The van der Waals surface area contributed by atoms with Crippen molar-refractivity contribution in [2.24, 2.45) is 0 Å². The topological polar surface area (TPSA) is 69.6 Å². The summed E-state index contributed by atoms with van der Waals surface area (Å²) in [5, 5.41) is 14.7. The van der Waals surface area contributed by atoms with E-state index in [1.54, 1.807) is 24.3 Å². The zero-order valence-corrected chi connectivity index (χ0v) is 14.1. The van der Waals surface area contributed by atoms with Gasteiger partial charge in [-0.2, -0.15) is 0 Å². The standard InChI is InChI=1S/C18H19ClN2O3/c1-12(22)20-10-11-21-17(23)15-4-2-3-5-16(15)18(21,24)13-6-8-14(19)9-7-13/h3,5-9,24H,2,4,10-11H2,1H3,(H,20,22). The first-order valence-corrected chi connectivity index (χ1v) is 8.27. The van der Waals surface area contributed by atoms with Crippen LogP contribution in [-0.2, 0) is 15.3 Å². The Bertz CT molecular complexity index is 739. The van der Waals surface area contributed by atoms with E-state index in [4.69, 9.17) is 11.6 Å². The number of aliphatic hydroxyl groups is 1. The number of halogens is 1. The second kappa shape index (κ2) is 6.42. The van der Waals surface area contributed by atoms with Gasteiger partial charge >= 0.3 is 0 Å². The summed E-state index contributed by atoms with van der Waals surface area (Å²) in [4.78, 5) is 25.3. The fourth-order valence-corrected chi connectivity index (χ4v) is 3.39. The molecule has 1 aliphatic carbocycles. The zero-order chi connectivity index (χ0) is 17.3. The minimum Gasteiger partial charge on any atom is -0.363 e. The summed E-state index contributed by atoms with van der Waals surface area (Å²) in [5.41, 5.74) is 0.299. The van der Waals surface area contributed by atoms with E-state index in [-0.39, 0.29) is 24.9 Å². The smallest absolute Gasteiger partial charge is 0.253 e. The molecule has 0 saturated carbocycles. The third kappa shape index (κ3) is 2.74. The largest absolute Gasteiger partial charge is 0.363 e. The van der Waals surface area contributed by atoms with Gasteiger partial charge in [0.15, 0.2) is 5.72 Å². The lowest BCUT2D eigenvalue weighted by atomic mass is 9.89. The monoisotopic (exact) mass is 346 g/mol. The van der Waals surface area contributed by atoms with Crippen LogP contribution in [0.2, 0.25) is 5.02 Å².